The van der Waals surface area contributed by atoms with E-state index in [1.54, 1.807) is 30.3 Å². The number of amides is 3. The van der Waals surface area contributed by atoms with Gasteiger partial charge in [-0.1, -0.05) is 30.3 Å². The van der Waals surface area contributed by atoms with Gasteiger partial charge in [-0.3, -0.25) is 14.4 Å². The lowest BCUT2D eigenvalue weighted by Gasteiger charge is -2.23. The van der Waals surface area contributed by atoms with E-state index in [0.717, 1.165) is 0 Å². The Kier molecular flexibility index (Phi) is 8.36. The third kappa shape index (κ3) is 7.42. The van der Waals surface area contributed by atoms with Crippen LogP contribution in [-0.4, -0.2) is 58.1 Å². The van der Waals surface area contributed by atoms with Crippen LogP contribution < -0.4 is 22.1 Å². The summed E-state index contributed by atoms with van der Waals surface area (Å²) >= 11 is 0. The summed E-state index contributed by atoms with van der Waals surface area (Å²) in [7, 11) is 0. The molecule has 0 aliphatic rings. The predicted molar refractivity (Wildman–Crippen MR) is 95.1 cm³/mol. The number of hydrogen-bond donors (Lipinski definition) is 6. The van der Waals surface area contributed by atoms with Crippen LogP contribution in [0.5, 0.6) is 0 Å². The zero-order valence-electron chi connectivity index (χ0n) is 14.8. The van der Waals surface area contributed by atoms with E-state index in [0.29, 0.717) is 5.56 Å². The molecule has 8 N–H and O–H groups in total. The summed E-state index contributed by atoms with van der Waals surface area (Å²) in [6.45, 7) is 1.32. The maximum Gasteiger partial charge on any atom is 0.326 e. The first kappa shape index (κ1) is 22.1. The molecule has 10 heteroatoms. The highest BCUT2D eigenvalue weighted by Crippen LogP contribution is 2.05. The van der Waals surface area contributed by atoms with E-state index in [9.17, 15) is 24.3 Å². The van der Waals surface area contributed by atoms with Gasteiger partial charge in [0.2, 0.25) is 17.7 Å². The number of carbonyl (C=O) groups is 4. The molecule has 0 heterocycles. The maximum atomic E-state index is 12.5. The van der Waals surface area contributed by atoms with Gasteiger partial charge in [0.05, 0.1) is 12.5 Å². The van der Waals surface area contributed by atoms with Gasteiger partial charge in [0.15, 0.2) is 0 Å². The number of nitrogens with two attached hydrogens (primary N) is 2. The molecule has 0 aliphatic carbocycles. The number of aliphatic hydroxyl groups is 1. The van der Waals surface area contributed by atoms with Gasteiger partial charge in [0.25, 0.3) is 0 Å². The number of nitrogens with one attached hydrogen (secondary N) is 2. The summed E-state index contributed by atoms with van der Waals surface area (Å²) in [6.07, 6.45) is -1.69. The van der Waals surface area contributed by atoms with Crippen molar-refractivity contribution < 1.29 is 29.4 Å². The van der Waals surface area contributed by atoms with Crippen LogP contribution in [0.25, 0.3) is 0 Å². The number of aliphatic hydroxyl groups excluding tert-OH is 1. The number of benzene rings is 1. The second kappa shape index (κ2) is 10.2. The van der Waals surface area contributed by atoms with Gasteiger partial charge < -0.3 is 32.3 Å². The van der Waals surface area contributed by atoms with E-state index in [-0.39, 0.29) is 6.42 Å². The second-order valence-electron chi connectivity index (χ2n) is 6.09. The number of rotatable bonds is 10. The van der Waals surface area contributed by atoms with Crippen molar-refractivity contribution in [2.24, 2.45) is 11.5 Å². The minimum absolute atomic E-state index is 0.0495. The Balaban J connectivity index is 2.97. The minimum Gasteiger partial charge on any atom is -0.480 e. The number of primary amides is 1. The van der Waals surface area contributed by atoms with Crippen molar-refractivity contribution in [3.8, 4) is 0 Å². The summed E-state index contributed by atoms with van der Waals surface area (Å²) < 4.78 is 0. The molecular formula is C17H24N4O6. The van der Waals surface area contributed by atoms with E-state index >= 15 is 0 Å². The first-order valence-corrected chi connectivity index (χ1v) is 8.21. The van der Waals surface area contributed by atoms with E-state index < -0.39 is 54.3 Å². The van der Waals surface area contributed by atoms with Crippen LogP contribution in [0.1, 0.15) is 18.9 Å². The van der Waals surface area contributed by atoms with Crippen LogP contribution in [0.15, 0.2) is 30.3 Å². The molecule has 0 aliphatic heterocycles. The second-order valence-corrected chi connectivity index (χ2v) is 6.09. The highest BCUT2D eigenvalue weighted by atomic mass is 16.4. The van der Waals surface area contributed by atoms with Gasteiger partial charge in [0, 0.05) is 6.42 Å². The first-order chi connectivity index (χ1) is 12.6. The summed E-state index contributed by atoms with van der Waals surface area (Å²) in [5.41, 5.74) is 11.3. The molecule has 0 saturated carbocycles. The Labute approximate surface area is 155 Å². The first-order valence-electron chi connectivity index (χ1n) is 8.21. The van der Waals surface area contributed by atoms with Gasteiger partial charge in [-0.05, 0) is 12.5 Å². The number of carboxylic acid groups (broad SMARTS) is 1. The molecule has 10 nitrogen and oxygen atoms in total. The highest BCUT2D eigenvalue weighted by molar-refractivity contribution is 5.93. The highest BCUT2D eigenvalue weighted by Gasteiger charge is 2.29. The molecular weight excluding hydrogens is 356 g/mol. The van der Waals surface area contributed by atoms with Gasteiger partial charge in [-0.2, -0.15) is 0 Å². The SMILES string of the molecule is CC(O)C(N)C(=O)NC(Cc1ccccc1)C(=O)NC(CC(N)=O)C(=O)O. The third-order valence-electron chi connectivity index (χ3n) is 3.76. The largest absolute Gasteiger partial charge is 0.480 e. The Bertz CT molecular complexity index is 679. The molecule has 148 valence electrons. The number of carboxylic acids is 1. The van der Waals surface area contributed by atoms with E-state index in [1.807, 2.05) is 0 Å². The van der Waals surface area contributed by atoms with Crippen LogP contribution >= 0.6 is 0 Å². The lowest BCUT2D eigenvalue weighted by Crippen LogP contribution is -2.57. The van der Waals surface area contributed by atoms with Crippen molar-refractivity contribution in [1.82, 2.24) is 10.6 Å². The van der Waals surface area contributed by atoms with E-state index in [1.165, 1.54) is 6.92 Å². The molecule has 4 atom stereocenters. The van der Waals surface area contributed by atoms with Crippen LogP contribution in [0.2, 0.25) is 0 Å². The van der Waals surface area contributed by atoms with Crippen LogP contribution in [0, 0.1) is 0 Å². The zero-order chi connectivity index (χ0) is 20.6. The fourth-order valence-corrected chi connectivity index (χ4v) is 2.22. The zero-order valence-corrected chi connectivity index (χ0v) is 14.8. The Morgan fingerprint density at radius 1 is 1.04 bits per heavy atom. The molecule has 1 rings (SSSR count). The topological polar surface area (TPSA) is 185 Å². The van der Waals surface area contributed by atoms with E-state index in [2.05, 4.69) is 10.6 Å². The molecule has 4 unspecified atom stereocenters. The van der Waals surface area contributed by atoms with Gasteiger partial charge in [0.1, 0.15) is 18.1 Å². The molecule has 0 radical (unpaired) electrons. The van der Waals surface area contributed by atoms with Crippen LogP contribution in [-0.2, 0) is 25.6 Å². The fourth-order valence-electron chi connectivity index (χ4n) is 2.22. The summed E-state index contributed by atoms with van der Waals surface area (Å²) in [4.78, 5) is 46.8. The molecule has 0 fully saturated rings. The van der Waals surface area contributed by atoms with Gasteiger partial charge >= 0.3 is 5.97 Å². The average Bonchev–Trinajstić information content (AvgIpc) is 2.59. The third-order valence-corrected chi connectivity index (χ3v) is 3.76. The molecule has 27 heavy (non-hydrogen) atoms. The van der Waals surface area contributed by atoms with Gasteiger partial charge in [-0.25, -0.2) is 4.79 Å². The van der Waals surface area contributed by atoms with Crippen LogP contribution in [0.3, 0.4) is 0 Å². The van der Waals surface area contributed by atoms with Crippen molar-refractivity contribution in [2.75, 3.05) is 0 Å². The summed E-state index contributed by atoms with van der Waals surface area (Å²) in [5.74, 6) is -3.93. The smallest absolute Gasteiger partial charge is 0.326 e. The van der Waals surface area contributed by atoms with Crippen molar-refractivity contribution in [3.05, 3.63) is 35.9 Å². The van der Waals surface area contributed by atoms with Crippen LogP contribution in [0.4, 0.5) is 0 Å². The molecule has 0 spiro atoms. The Hall–Kier alpha value is -2.98. The Morgan fingerprint density at radius 2 is 1.59 bits per heavy atom. The quantitative estimate of drug-likeness (QED) is 0.267. The molecule has 3 amide bonds. The predicted octanol–water partition coefficient (Wildman–Crippen LogP) is -2.13. The van der Waals surface area contributed by atoms with Crippen molar-refractivity contribution in [2.45, 2.75) is 44.0 Å². The monoisotopic (exact) mass is 380 g/mol. The average molecular weight is 380 g/mol. The normalized spacial score (nSPS) is 15.1. The van der Waals surface area contributed by atoms with Crippen molar-refractivity contribution >= 4 is 23.7 Å². The molecule has 0 bridgehead atoms. The van der Waals surface area contributed by atoms with Gasteiger partial charge in [-0.15, -0.1) is 0 Å². The maximum absolute atomic E-state index is 12.5. The van der Waals surface area contributed by atoms with E-state index in [4.69, 9.17) is 16.6 Å². The molecule has 1 aromatic rings. The lowest BCUT2D eigenvalue weighted by atomic mass is 10.0. The standard InChI is InChI=1S/C17H24N4O6/c1-9(22)14(19)16(25)20-11(7-10-5-3-2-4-6-10)15(24)21-12(17(26)27)8-13(18)23/h2-6,9,11-12,14,22H,7-8,19H2,1H3,(H2,18,23)(H,20,25)(H,21,24)(H,26,27). The summed E-state index contributed by atoms with van der Waals surface area (Å²) in [6, 6.07) is 4.72. The molecule has 1 aromatic carbocycles. The number of carbonyl (C=O) groups excluding carboxylic acids is 3. The van der Waals surface area contributed by atoms with Crippen molar-refractivity contribution in [3.63, 3.8) is 0 Å². The summed E-state index contributed by atoms with van der Waals surface area (Å²) in [5, 5.41) is 23.1. The lowest BCUT2D eigenvalue weighted by molar-refractivity contribution is -0.143. The van der Waals surface area contributed by atoms with Crippen molar-refractivity contribution in [1.29, 1.82) is 0 Å². The molecule has 0 aromatic heterocycles. The number of hydrogen-bond acceptors (Lipinski definition) is 6. The Morgan fingerprint density at radius 3 is 2.07 bits per heavy atom. The number of aliphatic carboxylic acids is 1. The minimum atomic E-state index is -1.53. The fraction of sp³-hybridized carbons (Fsp3) is 0.412. The molecule has 0 saturated heterocycles.